The van der Waals surface area contributed by atoms with Crippen molar-refractivity contribution in [3.8, 4) is 0 Å². The number of cyclic esters (lactones) is 1. The molecule has 3 heterocycles. The van der Waals surface area contributed by atoms with Gasteiger partial charge in [0.1, 0.15) is 6.04 Å². The zero-order chi connectivity index (χ0) is 22.8. The molecule has 0 spiro atoms. The van der Waals surface area contributed by atoms with Gasteiger partial charge < -0.3 is 10.1 Å². The van der Waals surface area contributed by atoms with Crippen molar-refractivity contribution in [3.05, 3.63) is 84.4 Å². The van der Waals surface area contributed by atoms with Crippen LogP contribution in [0.1, 0.15) is 24.0 Å². The molecule has 2 aromatic rings. The quantitative estimate of drug-likeness (QED) is 0.545. The molecule has 3 aliphatic heterocycles. The minimum Gasteiger partial charge on any atom is -0.434 e. The largest absolute Gasteiger partial charge is 0.434 e. The summed E-state index contributed by atoms with van der Waals surface area (Å²) in [5.41, 5.74) is 0.621. The third-order valence-electron chi connectivity index (χ3n) is 7.27. The predicted molar refractivity (Wildman–Crippen MR) is 126 cm³/mol. The number of esters is 1. The van der Waals surface area contributed by atoms with Gasteiger partial charge in [-0.3, -0.25) is 14.5 Å². The number of carbonyl (C=O) groups is 2. The number of likely N-dealkylation sites (tertiary alicyclic amines) is 1. The van der Waals surface area contributed by atoms with E-state index < -0.39 is 17.8 Å². The Kier molecular flexibility index (Phi) is 6.15. The van der Waals surface area contributed by atoms with E-state index in [1.54, 1.807) is 0 Å². The predicted octanol–water partition coefficient (Wildman–Crippen LogP) is 2.55. The third-order valence-corrected chi connectivity index (χ3v) is 7.27. The van der Waals surface area contributed by atoms with Crippen LogP contribution in [-0.4, -0.2) is 66.4 Å². The highest BCUT2D eigenvalue weighted by Crippen LogP contribution is 2.46. The van der Waals surface area contributed by atoms with Gasteiger partial charge in [-0.1, -0.05) is 66.7 Å². The average molecular weight is 446 g/mol. The molecule has 5 rings (SSSR count). The van der Waals surface area contributed by atoms with Crippen LogP contribution in [0.4, 0.5) is 0 Å². The van der Waals surface area contributed by atoms with Crippen LogP contribution in [0.25, 0.3) is 0 Å². The van der Waals surface area contributed by atoms with Crippen molar-refractivity contribution in [2.24, 2.45) is 5.92 Å². The summed E-state index contributed by atoms with van der Waals surface area (Å²) in [5, 5.41) is 3.34. The van der Waals surface area contributed by atoms with Crippen LogP contribution in [0.15, 0.2) is 73.3 Å². The number of piperidine rings is 1. The number of ether oxygens (including phenoxy) is 1. The van der Waals surface area contributed by atoms with Gasteiger partial charge in [0, 0.05) is 36.7 Å². The summed E-state index contributed by atoms with van der Waals surface area (Å²) in [6, 6.07) is 18.7. The Balaban J connectivity index is 1.54. The average Bonchev–Trinajstić information content (AvgIpc) is 3.19. The highest BCUT2D eigenvalue weighted by molar-refractivity contribution is 5.89. The molecule has 2 atom stereocenters. The van der Waals surface area contributed by atoms with Crippen molar-refractivity contribution in [2.45, 2.75) is 30.7 Å². The van der Waals surface area contributed by atoms with Crippen LogP contribution in [0, 0.1) is 5.92 Å². The Labute approximate surface area is 195 Å². The molecule has 0 radical (unpaired) electrons. The second-order valence-electron chi connectivity index (χ2n) is 9.16. The molecule has 6 heteroatoms. The maximum atomic E-state index is 13.9. The number of carbonyl (C=O) groups excluding carboxylic acids is 2. The van der Waals surface area contributed by atoms with E-state index in [1.807, 2.05) is 66.7 Å². The minimum absolute atomic E-state index is 0.0171. The molecular formula is C27H31N3O3. The van der Waals surface area contributed by atoms with E-state index in [-0.39, 0.29) is 17.7 Å². The first-order chi connectivity index (χ1) is 16.1. The molecule has 3 aliphatic rings. The van der Waals surface area contributed by atoms with Gasteiger partial charge in [0.25, 0.3) is 0 Å². The van der Waals surface area contributed by atoms with E-state index >= 15 is 0 Å². The number of piperazine rings is 1. The molecule has 0 saturated carbocycles. The first-order valence-corrected chi connectivity index (χ1v) is 11.8. The molecule has 33 heavy (non-hydrogen) atoms. The SMILES string of the molecule is C=CCN1CCC(C(=O)C2CNCC3C(=O)OC(c4ccccc4)(c4ccccc4)N32)CC1. The van der Waals surface area contributed by atoms with Crippen LogP contribution < -0.4 is 5.32 Å². The molecule has 6 nitrogen and oxygen atoms in total. The topological polar surface area (TPSA) is 61.9 Å². The molecule has 0 amide bonds. The first-order valence-electron chi connectivity index (χ1n) is 11.8. The third kappa shape index (κ3) is 3.82. The summed E-state index contributed by atoms with van der Waals surface area (Å²) in [4.78, 5) is 31.5. The van der Waals surface area contributed by atoms with Gasteiger partial charge in [0.15, 0.2) is 5.78 Å². The van der Waals surface area contributed by atoms with Crippen molar-refractivity contribution in [1.82, 2.24) is 15.1 Å². The van der Waals surface area contributed by atoms with E-state index in [9.17, 15) is 9.59 Å². The molecule has 172 valence electrons. The first kappa shape index (κ1) is 22.0. The van der Waals surface area contributed by atoms with E-state index in [2.05, 4.69) is 21.7 Å². The summed E-state index contributed by atoms with van der Waals surface area (Å²) in [6.45, 7) is 7.46. The maximum Gasteiger partial charge on any atom is 0.327 e. The molecule has 0 bridgehead atoms. The molecule has 2 aromatic carbocycles. The fourth-order valence-corrected chi connectivity index (χ4v) is 5.68. The van der Waals surface area contributed by atoms with E-state index in [4.69, 9.17) is 4.74 Å². The summed E-state index contributed by atoms with van der Waals surface area (Å²) in [6.07, 6.45) is 3.58. The fourth-order valence-electron chi connectivity index (χ4n) is 5.68. The van der Waals surface area contributed by atoms with Crippen molar-refractivity contribution in [2.75, 3.05) is 32.7 Å². The molecule has 3 fully saturated rings. The molecule has 0 aromatic heterocycles. The number of Topliss-reactive ketones (excluding diaryl/α,β-unsaturated/α-hetero) is 1. The van der Waals surface area contributed by atoms with Crippen molar-refractivity contribution in [3.63, 3.8) is 0 Å². The van der Waals surface area contributed by atoms with Gasteiger partial charge in [-0.2, -0.15) is 0 Å². The number of hydrogen-bond donors (Lipinski definition) is 1. The number of benzene rings is 2. The Bertz CT molecular complexity index is 962. The highest BCUT2D eigenvalue weighted by Gasteiger charge is 2.60. The number of ketones is 1. The highest BCUT2D eigenvalue weighted by atomic mass is 16.6. The number of fused-ring (bicyclic) bond motifs is 1. The van der Waals surface area contributed by atoms with E-state index in [0.29, 0.717) is 13.1 Å². The second kappa shape index (κ2) is 9.21. The molecule has 1 N–H and O–H groups in total. The number of nitrogens with zero attached hydrogens (tertiary/aromatic N) is 2. The van der Waals surface area contributed by atoms with Gasteiger partial charge in [0.05, 0.1) is 6.04 Å². The Morgan fingerprint density at radius 1 is 1.03 bits per heavy atom. The lowest BCUT2D eigenvalue weighted by molar-refractivity contribution is -0.153. The zero-order valence-electron chi connectivity index (χ0n) is 18.9. The van der Waals surface area contributed by atoms with Crippen molar-refractivity contribution in [1.29, 1.82) is 0 Å². The summed E-state index contributed by atoms with van der Waals surface area (Å²) in [5.74, 6) is -0.0925. The fraction of sp³-hybridized carbons (Fsp3) is 0.407. The van der Waals surface area contributed by atoms with Gasteiger partial charge in [-0.25, -0.2) is 4.90 Å². The Morgan fingerprint density at radius 2 is 1.64 bits per heavy atom. The molecule has 2 unspecified atom stereocenters. The van der Waals surface area contributed by atoms with Gasteiger partial charge in [-0.05, 0) is 25.9 Å². The summed E-state index contributed by atoms with van der Waals surface area (Å²) < 4.78 is 6.26. The zero-order valence-corrected chi connectivity index (χ0v) is 18.9. The van der Waals surface area contributed by atoms with Crippen molar-refractivity contribution < 1.29 is 14.3 Å². The van der Waals surface area contributed by atoms with Crippen molar-refractivity contribution >= 4 is 11.8 Å². The molecule has 0 aliphatic carbocycles. The van der Waals surface area contributed by atoms with Gasteiger partial charge >= 0.3 is 5.97 Å². The molecule has 3 saturated heterocycles. The smallest absolute Gasteiger partial charge is 0.327 e. The molecular weight excluding hydrogens is 414 g/mol. The Morgan fingerprint density at radius 3 is 2.21 bits per heavy atom. The van der Waals surface area contributed by atoms with Crippen LogP contribution in [-0.2, 0) is 20.1 Å². The van der Waals surface area contributed by atoms with Crippen LogP contribution >= 0.6 is 0 Å². The van der Waals surface area contributed by atoms with E-state index in [0.717, 1.165) is 43.6 Å². The lowest BCUT2D eigenvalue weighted by atomic mass is 9.84. The monoisotopic (exact) mass is 445 g/mol. The normalized spacial score (nSPS) is 25.9. The van der Waals surface area contributed by atoms with Crippen LogP contribution in [0.3, 0.4) is 0 Å². The minimum atomic E-state index is -1.11. The van der Waals surface area contributed by atoms with E-state index in [1.165, 1.54) is 0 Å². The Hall–Kier alpha value is -2.80. The van der Waals surface area contributed by atoms with Crippen LogP contribution in [0.2, 0.25) is 0 Å². The van der Waals surface area contributed by atoms with Gasteiger partial charge in [0.2, 0.25) is 5.72 Å². The summed E-state index contributed by atoms with van der Waals surface area (Å²) in [7, 11) is 0. The summed E-state index contributed by atoms with van der Waals surface area (Å²) >= 11 is 0. The number of rotatable bonds is 6. The maximum absolute atomic E-state index is 13.9. The lowest BCUT2D eigenvalue weighted by Crippen LogP contribution is -2.65. The second-order valence-corrected chi connectivity index (χ2v) is 9.16. The van der Waals surface area contributed by atoms with Crippen LogP contribution in [0.5, 0.6) is 0 Å². The lowest BCUT2D eigenvalue weighted by Gasteiger charge is -2.46. The standard InChI is InChI=1S/C27H31N3O3/c1-2-15-29-16-13-20(14-17-29)25(31)23-18-28-19-24-26(32)33-27(30(23)24,21-9-5-3-6-10-21)22-11-7-4-8-12-22/h2-12,20,23-24,28H,1,13-19H2. The number of hydrogen-bond acceptors (Lipinski definition) is 6. The number of nitrogens with one attached hydrogen (secondary N) is 1. The van der Waals surface area contributed by atoms with Gasteiger partial charge in [-0.15, -0.1) is 6.58 Å².